The number of unbranched alkanes of at least 4 members (excludes halogenated alkanes) is 3. The van der Waals surface area contributed by atoms with Gasteiger partial charge in [-0.25, -0.2) is 0 Å². The zero-order valence-electron chi connectivity index (χ0n) is 10.7. The smallest absolute Gasteiger partial charge is 0.221 e. The van der Waals surface area contributed by atoms with Gasteiger partial charge in [0.1, 0.15) is 0 Å². The van der Waals surface area contributed by atoms with Crippen LogP contribution in [0, 0.1) is 0 Å². The topological polar surface area (TPSA) is 29.1 Å². The third-order valence-electron chi connectivity index (χ3n) is 2.45. The number of rotatable bonds is 7. The van der Waals surface area contributed by atoms with Gasteiger partial charge < -0.3 is 5.32 Å². The first-order valence-electron chi connectivity index (χ1n) is 6.23. The molecule has 0 fully saturated rings. The van der Waals surface area contributed by atoms with E-state index in [0.717, 1.165) is 11.4 Å². The fraction of sp³-hybridized carbons (Fsp3) is 0.500. The first kappa shape index (κ1) is 14.1. The largest absolute Gasteiger partial charge is 0.325 e. The lowest BCUT2D eigenvalue weighted by Gasteiger charge is -2.09. The first-order valence-corrected chi connectivity index (χ1v) is 7.22. The number of nitrogens with one attached hydrogen (secondary N) is 1. The second-order valence-corrected chi connectivity index (χ2v) is 5.22. The van der Waals surface area contributed by atoms with Crippen LogP contribution in [0.25, 0.3) is 0 Å². The van der Waals surface area contributed by atoms with Gasteiger partial charge in [-0.1, -0.05) is 38.3 Å². The minimum atomic E-state index is -0.0102. The summed E-state index contributed by atoms with van der Waals surface area (Å²) >= 11 is 1.82. The first-order chi connectivity index (χ1) is 8.24. The number of hydrogen-bond donors (Lipinski definition) is 1. The van der Waals surface area contributed by atoms with Crippen molar-refractivity contribution in [1.82, 2.24) is 0 Å². The molecule has 0 spiro atoms. The van der Waals surface area contributed by atoms with Gasteiger partial charge in [-0.15, -0.1) is 11.8 Å². The van der Waals surface area contributed by atoms with Gasteiger partial charge in [0.25, 0.3) is 0 Å². The highest BCUT2D eigenvalue weighted by molar-refractivity contribution is 7.99. The molecule has 0 aliphatic carbocycles. The second kappa shape index (κ2) is 8.18. The standard InChI is InChI=1S/C14H21NOS/c1-3-4-5-8-11-17-14-10-7-6-9-13(14)15-12(2)16/h6-7,9-10H,3-5,8,11H2,1-2H3,(H,15,16). The molecule has 1 aromatic carbocycles. The monoisotopic (exact) mass is 251 g/mol. The molecule has 0 saturated carbocycles. The summed E-state index contributed by atoms with van der Waals surface area (Å²) in [6, 6.07) is 7.98. The van der Waals surface area contributed by atoms with Gasteiger partial charge in [0.05, 0.1) is 5.69 Å². The minimum Gasteiger partial charge on any atom is -0.325 e. The van der Waals surface area contributed by atoms with Crippen LogP contribution < -0.4 is 5.32 Å². The molecule has 0 radical (unpaired) electrons. The number of benzene rings is 1. The summed E-state index contributed by atoms with van der Waals surface area (Å²) in [7, 11) is 0. The number of hydrogen-bond acceptors (Lipinski definition) is 2. The minimum absolute atomic E-state index is 0.0102. The molecular formula is C14H21NOS. The van der Waals surface area contributed by atoms with E-state index in [-0.39, 0.29) is 5.91 Å². The maximum Gasteiger partial charge on any atom is 0.221 e. The Morgan fingerprint density at radius 1 is 1.24 bits per heavy atom. The van der Waals surface area contributed by atoms with Crippen LogP contribution in [0.3, 0.4) is 0 Å². The normalized spacial score (nSPS) is 10.2. The highest BCUT2D eigenvalue weighted by Gasteiger charge is 2.03. The summed E-state index contributed by atoms with van der Waals surface area (Å²) < 4.78 is 0. The predicted octanol–water partition coefficient (Wildman–Crippen LogP) is 4.32. The van der Waals surface area contributed by atoms with Crippen LogP contribution >= 0.6 is 11.8 Å². The number of thioether (sulfide) groups is 1. The van der Waals surface area contributed by atoms with Gasteiger partial charge in [0.15, 0.2) is 0 Å². The van der Waals surface area contributed by atoms with E-state index in [2.05, 4.69) is 18.3 Å². The molecular weight excluding hydrogens is 230 g/mol. The second-order valence-electron chi connectivity index (χ2n) is 4.09. The van der Waals surface area contributed by atoms with E-state index in [1.165, 1.54) is 30.6 Å². The molecule has 0 unspecified atom stereocenters. The van der Waals surface area contributed by atoms with E-state index in [0.29, 0.717) is 0 Å². The van der Waals surface area contributed by atoms with Crippen LogP contribution in [0.4, 0.5) is 5.69 Å². The summed E-state index contributed by atoms with van der Waals surface area (Å²) in [4.78, 5) is 12.2. The quantitative estimate of drug-likeness (QED) is 0.577. The van der Waals surface area contributed by atoms with E-state index in [9.17, 15) is 4.79 Å². The average molecular weight is 251 g/mol. The molecule has 94 valence electrons. The van der Waals surface area contributed by atoms with Gasteiger partial charge in [-0.2, -0.15) is 0 Å². The number of amides is 1. The summed E-state index contributed by atoms with van der Waals surface area (Å²) in [5.74, 6) is 1.11. The SMILES string of the molecule is CCCCCCSc1ccccc1NC(C)=O. The Hall–Kier alpha value is -0.960. The van der Waals surface area contributed by atoms with Crippen molar-refractivity contribution < 1.29 is 4.79 Å². The Balaban J connectivity index is 2.43. The van der Waals surface area contributed by atoms with Crippen molar-refractivity contribution in [3.05, 3.63) is 24.3 Å². The van der Waals surface area contributed by atoms with Crippen LogP contribution in [-0.4, -0.2) is 11.7 Å². The van der Waals surface area contributed by atoms with Crippen molar-refractivity contribution in [3.63, 3.8) is 0 Å². The van der Waals surface area contributed by atoms with Crippen LogP contribution in [0.15, 0.2) is 29.2 Å². The zero-order valence-corrected chi connectivity index (χ0v) is 11.5. The molecule has 0 bridgehead atoms. The Morgan fingerprint density at radius 2 is 2.00 bits per heavy atom. The molecule has 1 N–H and O–H groups in total. The van der Waals surface area contributed by atoms with Crippen molar-refractivity contribution in [3.8, 4) is 0 Å². The maximum absolute atomic E-state index is 11.1. The fourth-order valence-corrected chi connectivity index (χ4v) is 2.61. The molecule has 0 aliphatic heterocycles. The number of carbonyl (C=O) groups excluding carboxylic acids is 1. The van der Waals surface area contributed by atoms with E-state index in [1.54, 1.807) is 6.92 Å². The van der Waals surface area contributed by atoms with Crippen molar-refractivity contribution in [2.24, 2.45) is 0 Å². The van der Waals surface area contributed by atoms with Crippen molar-refractivity contribution in [2.45, 2.75) is 44.4 Å². The van der Waals surface area contributed by atoms with Gasteiger partial charge in [-0.3, -0.25) is 4.79 Å². The lowest BCUT2D eigenvalue weighted by Crippen LogP contribution is -2.06. The van der Waals surface area contributed by atoms with Crippen LogP contribution in [0.5, 0.6) is 0 Å². The van der Waals surface area contributed by atoms with Crippen LogP contribution in [0.1, 0.15) is 39.5 Å². The summed E-state index contributed by atoms with van der Waals surface area (Å²) in [6.45, 7) is 3.77. The van der Waals surface area contributed by atoms with Crippen molar-refractivity contribution in [2.75, 3.05) is 11.1 Å². The van der Waals surface area contributed by atoms with E-state index in [4.69, 9.17) is 0 Å². The molecule has 0 atom stereocenters. The van der Waals surface area contributed by atoms with E-state index >= 15 is 0 Å². The highest BCUT2D eigenvalue weighted by atomic mass is 32.2. The summed E-state index contributed by atoms with van der Waals surface area (Å²) in [6.07, 6.45) is 5.12. The van der Waals surface area contributed by atoms with Crippen LogP contribution in [-0.2, 0) is 4.79 Å². The predicted molar refractivity (Wildman–Crippen MR) is 75.6 cm³/mol. The zero-order chi connectivity index (χ0) is 12.5. The van der Waals surface area contributed by atoms with E-state index in [1.807, 2.05) is 30.0 Å². The molecule has 0 saturated heterocycles. The van der Waals surface area contributed by atoms with Crippen molar-refractivity contribution in [1.29, 1.82) is 0 Å². The van der Waals surface area contributed by atoms with Gasteiger partial charge in [0.2, 0.25) is 5.91 Å². The number of anilines is 1. The summed E-state index contributed by atoms with van der Waals surface area (Å²) in [5, 5.41) is 2.87. The lowest BCUT2D eigenvalue weighted by molar-refractivity contribution is -0.114. The lowest BCUT2D eigenvalue weighted by atomic mass is 10.2. The third kappa shape index (κ3) is 5.78. The third-order valence-corrected chi connectivity index (χ3v) is 3.61. The molecule has 17 heavy (non-hydrogen) atoms. The summed E-state index contributed by atoms with van der Waals surface area (Å²) in [5.41, 5.74) is 0.931. The molecule has 3 heteroatoms. The van der Waals surface area contributed by atoms with Gasteiger partial charge >= 0.3 is 0 Å². The molecule has 1 aromatic rings. The van der Waals surface area contributed by atoms with E-state index < -0.39 is 0 Å². The molecule has 1 amide bonds. The van der Waals surface area contributed by atoms with Gasteiger partial charge in [0, 0.05) is 11.8 Å². The Labute approximate surface area is 108 Å². The van der Waals surface area contributed by atoms with Gasteiger partial charge in [-0.05, 0) is 24.3 Å². The van der Waals surface area contributed by atoms with Crippen molar-refractivity contribution >= 4 is 23.4 Å². The molecule has 0 aliphatic rings. The maximum atomic E-state index is 11.1. The highest BCUT2D eigenvalue weighted by Crippen LogP contribution is 2.27. The average Bonchev–Trinajstić information content (AvgIpc) is 2.30. The Kier molecular flexibility index (Phi) is 6.78. The number of carbonyl (C=O) groups is 1. The molecule has 0 aromatic heterocycles. The molecule has 1 rings (SSSR count). The molecule has 2 nitrogen and oxygen atoms in total. The van der Waals surface area contributed by atoms with Crippen LogP contribution in [0.2, 0.25) is 0 Å². The Morgan fingerprint density at radius 3 is 2.71 bits per heavy atom. The molecule has 0 heterocycles. The Bertz CT molecular complexity index is 352. The number of para-hydroxylation sites is 1. The fourth-order valence-electron chi connectivity index (χ4n) is 1.60.